The van der Waals surface area contributed by atoms with Gasteiger partial charge in [0.2, 0.25) is 0 Å². The molecule has 1 nitrogen and oxygen atoms in total. The number of ketones is 1. The molecule has 0 saturated carbocycles. The van der Waals surface area contributed by atoms with Crippen LogP contribution in [0.1, 0.15) is 47.0 Å². The van der Waals surface area contributed by atoms with Gasteiger partial charge in [-0.25, -0.2) is 0 Å². The van der Waals surface area contributed by atoms with Gasteiger partial charge in [-0.3, -0.25) is 4.79 Å². The Morgan fingerprint density at radius 3 is 2.33 bits per heavy atom. The highest BCUT2D eigenvalue weighted by Crippen LogP contribution is 2.21. The summed E-state index contributed by atoms with van der Waals surface area (Å²) < 4.78 is 0. The molecule has 0 spiro atoms. The molecule has 0 radical (unpaired) electrons. The molecule has 0 aromatic heterocycles. The minimum atomic E-state index is -0.176. The molecule has 0 amide bonds. The number of unbranched alkanes of at least 4 members (excludes halogenated alkanes) is 1. The van der Waals surface area contributed by atoms with E-state index in [2.05, 4.69) is 19.1 Å². The monoisotopic (exact) mass is 168 g/mol. The molecular weight excluding hydrogens is 148 g/mol. The first-order valence-corrected chi connectivity index (χ1v) is 4.66. The molecule has 0 aromatic rings. The van der Waals surface area contributed by atoms with Crippen LogP contribution in [0.2, 0.25) is 0 Å². The van der Waals surface area contributed by atoms with Gasteiger partial charge in [0, 0.05) is 5.41 Å². The van der Waals surface area contributed by atoms with Crippen molar-refractivity contribution in [2.24, 2.45) is 5.41 Å². The molecule has 0 bridgehead atoms. The minimum Gasteiger partial charge on any atom is -0.299 e. The van der Waals surface area contributed by atoms with Gasteiger partial charge < -0.3 is 0 Å². The number of rotatable bonds is 5. The van der Waals surface area contributed by atoms with Gasteiger partial charge in [0.25, 0.3) is 0 Å². The van der Waals surface area contributed by atoms with E-state index >= 15 is 0 Å². The van der Waals surface area contributed by atoms with Gasteiger partial charge >= 0.3 is 0 Å². The lowest BCUT2D eigenvalue weighted by Gasteiger charge is -2.18. The van der Waals surface area contributed by atoms with E-state index in [4.69, 9.17) is 0 Å². The first-order valence-electron chi connectivity index (χ1n) is 4.66. The van der Waals surface area contributed by atoms with Crippen LogP contribution in [0.3, 0.4) is 0 Å². The lowest BCUT2D eigenvalue weighted by Crippen LogP contribution is -2.19. The lowest BCUT2D eigenvalue weighted by molar-refractivity contribution is -0.124. The van der Waals surface area contributed by atoms with Gasteiger partial charge in [0.05, 0.1) is 0 Å². The number of hydrogen-bond donors (Lipinski definition) is 0. The van der Waals surface area contributed by atoms with E-state index in [0.717, 1.165) is 12.8 Å². The van der Waals surface area contributed by atoms with Crippen molar-refractivity contribution in [2.45, 2.75) is 47.0 Å². The molecule has 0 fully saturated rings. The van der Waals surface area contributed by atoms with Crippen molar-refractivity contribution in [3.05, 3.63) is 12.2 Å². The van der Waals surface area contributed by atoms with Crippen LogP contribution in [-0.2, 0) is 4.79 Å². The smallest absolute Gasteiger partial charge is 0.135 e. The predicted octanol–water partition coefficient (Wildman–Crippen LogP) is 3.35. The molecule has 12 heavy (non-hydrogen) atoms. The Morgan fingerprint density at radius 1 is 1.33 bits per heavy atom. The third kappa shape index (κ3) is 4.32. The van der Waals surface area contributed by atoms with Gasteiger partial charge in [0.1, 0.15) is 5.78 Å². The molecule has 0 aliphatic heterocycles. The first-order chi connectivity index (χ1) is 5.50. The van der Waals surface area contributed by atoms with Crippen molar-refractivity contribution in [2.75, 3.05) is 0 Å². The van der Waals surface area contributed by atoms with E-state index in [1.807, 2.05) is 13.8 Å². The Balaban J connectivity index is 3.83. The highest BCUT2D eigenvalue weighted by Gasteiger charge is 2.21. The molecule has 70 valence electrons. The summed E-state index contributed by atoms with van der Waals surface area (Å²) in [5.41, 5.74) is -0.176. The molecule has 0 unspecified atom stereocenters. The zero-order chi connectivity index (χ0) is 9.61. The maximum Gasteiger partial charge on any atom is 0.135 e. The van der Waals surface area contributed by atoms with E-state index in [-0.39, 0.29) is 11.2 Å². The molecular formula is C11H20O. The third-order valence-corrected chi connectivity index (χ3v) is 2.20. The molecule has 0 heterocycles. The van der Waals surface area contributed by atoms with Gasteiger partial charge in [-0.15, -0.1) is 0 Å². The average Bonchev–Trinajstić information content (AvgIpc) is 1.98. The van der Waals surface area contributed by atoms with Crippen molar-refractivity contribution >= 4 is 5.78 Å². The summed E-state index contributed by atoms with van der Waals surface area (Å²) in [6.45, 7) is 7.80. The van der Waals surface area contributed by atoms with E-state index in [1.165, 1.54) is 6.42 Å². The van der Waals surface area contributed by atoms with Crippen LogP contribution >= 0.6 is 0 Å². The first kappa shape index (κ1) is 11.4. The van der Waals surface area contributed by atoms with Crippen molar-refractivity contribution < 1.29 is 4.79 Å². The fourth-order valence-corrected chi connectivity index (χ4v) is 0.806. The van der Waals surface area contributed by atoms with Gasteiger partial charge in [0.15, 0.2) is 0 Å². The van der Waals surface area contributed by atoms with Crippen LogP contribution in [0.25, 0.3) is 0 Å². The maximum absolute atomic E-state index is 11.1. The zero-order valence-corrected chi connectivity index (χ0v) is 8.68. The molecule has 0 aliphatic rings. The molecule has 0 saturated heterocycles. The number of Topliss-reactive ketones (excluding diaryl/α,β-unsaturated/α-hetero) is 1. The highest BCUT2D eigenvalue weighted by molar-refractivity contribution is 5.81. The van der Waals surface area contributed by atoms with Gasteiger partial charge in [-0.1, -0.05) is 39.3 Å². The summed E-state index contributed by atoms with van der Waals surface area (Å²) >= 11 is 0. The maximum atomic E-state index is 11.1. The highest BCUT2D eigenvalue weighted by atomic mass is 16.1. The Bertz CT molecular complexity index is 166. The second kappa shape index (κ2) is 5.13. The fraction of sp³-hybridized carbons (Fsp3) is 0.727. The molecule has 0 N–H and O–H groups in total. The SMILES string of the molecule is CCC/C=C/CC(C)(C)C(C)=O. The number of allylic oxidation sites excluding steroid dienone is 2. The lowest BCUT2D eigenvalue weighted by atomic mass is 9.85. The zero-order valence-electron chi connectivity index (χ0n) is 8.68. The van der Waals surface area contributed by atoms with Crippen molar-refractivity contribution in [3.8, 4) is 0 Å². The summed E-state index contributed by atoms with van der Waals surface area (Å²) in [4.78, 5) is 11.1. The molecule has 0 aliphatic carbocycles. The minimum absolute atomic E-state index is 0.176. The summed E-state index contributed by atoms with van der Waals surface area (Å²) in [6.07, 6.45) is 7.43. The topological polar surface area (TPSA) is 17.1 Å². The number of carbonyl (C=O) groups is 1. The van der Waals surface area contributed by atoms with E-state index in [9.17, 15) is 4.79 Å². The van der Waals surface area contributed by atoms with Crippen molar-refractivity contribution in [1.82, 2.24) is 0 Å². The number of hydrogen-bond acceptors (Lipinski definition) is 1. The molecule has 1 heteroatoms. The summed E-state index contributed by atoms with van der Waals surface area (Å²) in [7, 11) is 0. The largest absolute Gasteiger partial charge is 0.299 e. The average molecular weight is 168 g/mol. The fourth-order valence-electron chi connectivity index (χ4n) is 0.806. The number of carbonyl (C=O) groups excluding carboxylic acids is 1. The van der Waals surface area contributed by atoms with E-state index < -0.39 is 0 Å². The predicted molar refractivity (Wildman–Crippen MR) is 53.1 cm³/mol. The third-order valence-electron chi connectivity index (χ3n) is 2.20. The van der Waals surface area contributed by atoms with Crippen molar-refractivity contribution in [1.29, 1.82) is 0 Å². The summed E-state index contributed by atoms with van der Waals surface area (Å²) in [5, 5.41) is 0. The van der Waals surface area contributed by atoms with E-state index in [0.29, 0.717) is 0 Å². The Hall–Kier alpha value is -0.590. The van der Waals surface area contributed by atoms with Crippen LogP contribution in [0.4, 0.5) is 0 Å². The standard InChI is InChI=1S/C11H20O/c1-5-6-7-8-9-11(3,4)10(2)12/h7-8H,5-6,9H2,1-4H3/b8-7+. The van der Waals surface area contributed by atoms with Crippen LogP contribution < -0.4 is 0 Å². The summed E-state index contributed by atoms with van der Waals surface area (Å²) in [5.74, 6) is 0.267. The Kier molecular flexibility index (Phi) is 4.87. The van der Waals surface area contributed by atoms with E-state index in [1.54, 1.807) is 6.92 Å². The second-order valence-corrected chi connectivity index (χ2v) is 3.90. The second-order valence-electron chi connectivity index (χ2n) is 3.90. The van der Waals surface area contributed by atoms with Crippen molar-refractivity contribution in [3.63, 3.8) is 0 Å². The Labute approximate surface area is 75.9 Å². The quantitative estimate of drug-likeness (QED) is 0.575. The molecule has 0 rings (SSSR count). The Morgan fingerprint density at radius 2 is 1.92 bits per heavy atom. The normalized spacial score (nSPS) is 12.3. The van der Waals surface area contributed by atoms with Crippen LogP contribution in [0.15, 0.2) is 12.2 Å². The van der Waals surface area contributed by atoms with Crippen LogP contribution in [0, 0.1) is 5.41 Å². The summed E-state index contributed by atoms with van der Waals surface area (Å²) in [6, 6.07) is 0. The van der Waals surface area contributed by atoms with Gasteiger partial charge in [-0.05, 0) is 19.8 Å². The molecule has 0 aromatic carbocycles. The molecule has 0 atom stereocenters. The van der Waals surface area contributed by atoms with Crippen LogP contribution in [-0.4, -0.2) is 5.78 Å². The van der Waals surface area contributed by atoms with Gasteiger partial charge in [-0.2, -0.15) is 0 Å². The van der Waals surface area contributed by atoms with Crippen LogP contribution in [0.5, 0.6) is 0 Å².